The molecule has 0 radical (unpaired) electrons. The Kier molecular flexibility index (Phi) is 6.66. The van der Waals surface area contributed by atoms with Gasteiger partial charge in [0.1, 0.15) is 19.0 Å². The van der Waals surface area contributed by atoms with Gasteiger partial charge in [-0.25, -0.2) is 0 Å². The number of piperazine rings is 1. The van der Waals surface area contributed by atoms with Crippen LogP contribution < -0.4 is 4.74 Å². The van der Waals surface area contributed by atoms with Gasteiger partial charge in [-0.3, -0.25) is 9.59 Å². The van der Waals surface area contributed by atoms with Gasteiger partial charge in [0.15, 0.2) is 0 Å². The quantitative estimate of drug-likeness (QED) is 0.770. The SMILES string of the molecule is COCC(=O)N1CCN(C(=O)c2cccc(OCc3cccc(C)c3)c2)CC1. The summed E-state index contributed by atoms with van der Waals surface area (Å²) in [6.45, 7) is 4.67. The topological polar surface area (TPSA) is 59.1 Å². The summed E-state index contributed by atoms with van der Waals surface area (Å²) < 4.78 is 10.8. The first-order valence-corrected chi connectivity index (χ1v) is 9.41. The zero-order valence-corrected chi connectivity index (χ0v) is 16.4. The third kappa shape index (κ3) is 5.10. The molecule has 0 aliphatic carbocycles. The highest BCUT2D eigenvalue weighted by molar-refractivity contribution is 5.94. The van der Waals surface area contributed by atoms with Crippen LogP contribution in [0.15, 0.2) is 48.5 Å². The molecular formula is C22H26N2O4. The van der Waals surface area contributed by atoms with E-state index < -0.39 is 0 Å². The molecular weight excluding hydrogens is 356 g/mol. The van der Waals surface area contributed by atoms with E-state index in [1.807, 2.05) is 37.3 Å². The third-order valence-electron chi connectivity index (χ3n) is 4.76. The molecule has 0 N–H and O–H groups in total. The molecule has 2 aromatic rings. The number of carbonyl (C=O) groups excluding carboxylic acids is 2. The molecule has 0 saturated carbocycles. The number of hydrogen-bond acceptors (Lipinski definition) is 4. The zero-order valence-electron chi connectivity index (χ0n) is 16.4. The number of carbonyl (C=O) groups is 2. The smallest absolute Gasteiger partial charge is 0.254 e. The Bertz CT molecular complexity index is 829. The van der Waals surface area contributed by atoms with Crippen LogP contribution in [0.25, 0.3) is 0 Å². The minimum atomic E-state index is -0.0418. The summed E-state index contributed by atoms with van der Waals surface area (Å²) in [5.41, 5.74) is 2.88. The fraction of sp³-hybridized carbons (Fsp3) is 0.364. The second kappa shape index (κ2) is 9.37. The number of methoxy groups -OCH3 is 1. The number of benzene rings is 2. The molecule has 1 aliphatic heterocycles. The van der Waals surface area contributed by atoms with Crippen LogP contribution in [-0.4, -0.2) is 61.5 Å². The van der Waals surface area contributed by atoms with Crippen molar-refractivity contribution in [2.75, 3.05) is 39.9 Å². The van der Waals surface area contributed by atoms with Gasteiger partial charge >= 0.3 is 0 Å². The Morgan fingerprint density at radius 3 is 2.39 bits per heavy atom. The largest absolute Gasteiger partial charge is 0.489 e. The average Bonchev–Trinajstić information content (AvgIpc) is 2.72. The minimum absolute atomic E-state index is 0.0406. The van der Waals surface area contributed by atoms with Crippen molar-refractivity contribution in [1.29, 1.82) is 0 Å². The monoisotopic (exact) mass is 382 g/mol. The van der Waals surface area contributed by atoms with Gasteiger partial charge in [-0.15, -0.1) is 0 Å². The first kappa shape index (κ1) is 19.9. The van der Waals surface area contributed by atoms with Crippen LogP contribution in [0.4, 0.5) is 0 Å². The Morgan fingerprint density at radius 2 is 1.68 bits per heavy atom. The normalized spacial score (nSPS) is 14.1. The van der Waals surface area contributed by atoms with E-state index in [4.69, 9.17) is 9.47 Å². The van der Waals surface area contributed by atoms with Gasteiger partial charge in [0.2, 0.25) is 5.91 Å². The van der Waals surface area contributed by atoms with Gasteiger partial charge in [0.05, 0.1) is 0 Å². The predicted octanol–water partition coefficient (Wildman–Crippen LogP) is 2.50. The van der Waals surface area contributed by atoms with Gasteiger partial charge in [-0.2, -0.15) is 0 Å². The molecule has 0 spiro atoms. The predicted molar refractivity (Wildman–Crippen MR) is 106 cm³/mol. The molecule has 0 atom stereocenters. The molecule has 148 valence electrons. The van der Waals surface area contributed by atoms with Crippen molar-refractivity contribution < 1.29 is 19.1 Å². The van der Waals surface area contributed by atoms with Crippen LogP contribution in [0.3, 0.4) is 0 Å². The van der Waals surface area contributed by atoms with E-state index in [-0.39, 0.29) is 18.4 Å². The molecule has 1 saturated heterocycles. The van der Waals surface area contributed by atoms with Crippen LogP contribution in [0.2, 0.25) is 0 Å². The second-order valence-electron chi connectivity index (χ2n) is 6.91. The molecule has 0 aromatic heterocycles. The Hall–Kier alpha value is -2.86. The first-order chi connectivity index (χ1) is 13.6. The van der Waals surface area contributed by atoms with E-state index in [2.05, 4.69) is 6.07 Å². The maximum absolute atomic E-state index is 12.8. The summed E-state index contributed by atoms with van der Waals surface area (Å²) in [7, 11) is 1.51. The van der Waals surface area contributed by atoms with Crippen molar-refractivity contribution in [1.82, 2.24) is 9.80 Å². The van der Waals surface area contributed by atoms with Crippen molar-refractivity contribution in [3.63, 3.8) is 0 Å². The number of aryl methyl sites for hydroxylation is 1. The molecule has 2 amide bonds. The zero-order chi connectivity index (χ0) is 19.9. The lowest BCUT2D eigenvalue weighted by Gasteiger charge is -2.34. The van der Waals surface area contributed by atoms with Crippen molar-refractivity contribution in [3.8, 4) is 5.75 Å². The lowest BCUT2D eigenvalue weighted by Crippen LogP contribution is -2.51. The summed E-state index contributed by atoms with van der Waals surface area (Å²) in [6.07, 6.45) is 0. The summed E-state index contributed by atoms with van der Waals surface area (Å²) in [4.78, 5) is 28.2. The van der Waals surface area contributed by atoms with Crippen molar-refractivity contribution in [3.05, 3.63) is 65.2 Å². The summed E-state index contributed by atoms with van der Waals surface area (Å²) in [5.74, 6) is 0.585. The highest BCUT2D eigenvalue weighted by Gasteiger charge is 2.24. The van der Waals surface area contributed by atoms with Gasteiger partial charge in [0.25, 0.3) is 5.91 Å². The molecule has 1 heterocycles. The number of amides is 2. The van der Waals surface area contributed by atoms with E-state index in [0.717, 1.165) is 5.56 Å². The first-order valence-electron chi connectivity index (χ1n) is 9.41. The van der Waals surface area contributed by atoms with Crippen molar-refractivity contribution in [2.24, 2.45) is 0 Å². The Balaban J connectivity index is 1.57. The van der Waals surface area contributed by atoms with E-state index in [1.165, 1.54) is 12.7 Å². The molecule has 6 nitrogen and oxygen atoms in total. The standard InChI is InChI=1S/C22H26N2O4/c1-17-5-3-6-18(13-17)15-28-20-8-4-7-19(14-20)22(26)24-11-9-23(10-12-24)21(25)16-27-2/h3-8,13-14H,9-12,15-16H2,1-2H3. The molecule has 0 bridgehead atoms. The van der Waals surface area contributed by atoms with Crippen LogP contribution in [-0.2, 0) is 16.1 Å². The van der Waals surface area contributed by atoms with Gasteiger partial charge in [-0.05, 0) is 30.7 Å². The maximum atomic E-state index is 12.8. The van der Waals surface area contributed by atoms with Crippen LogP contribution in [0, 0.1) is 6.92 Å². The molecule has 28 heavy (non-hydrogen) atoms. The average molecular weight is 382 g/mol. The number of hydrogen-bond donors (Lipinski definition) is 0. The second-order valence-corrected chi connectivity index (χ2v) is 6.91. The summed E-state index contributed by atoms with van der Waals surface area (Å²) in [5, 5.41) is 0. The van der Waals surface area contributed by atoms with E-state index in [0.29, 0.717) is 44.1 Å². The number of nitrogens with zero attached hydrogens (tertiary/aromatic N) is 2. The maximum Gasteiger partial charge on any atom is 0.254 e. The number of ether oxygens (including phenoxy) is 2. The summed E-state index contributed by atoms with van der Waals surface area (Å²) >= 11 is 0. The van der Waals surface area contributed by atoms with Crippen LogP contribution in [0.5, 0.6) is 5.75 Å². The lowest BCUT2D eigenvalue weighted by atomic mass is 10.1. The molecule has 3 rings (SSSR count). The lowest BCUT2D eigenvalue weighted by molar-refractivity contribution is -0.136. The van der Waals surface area contributed by atoms with Gasteiger partial charge < -0.3 is 19.3 Å². The molecule has 6 heteroatoms. The van der Waals surface area contributed by atoms with Crippen LogP contribution >= 0.6 is 0 Å². The molecule has 0 unspecified atom stereocenters. The fourth-order valence-corrected chi connectivity index (χ4v) is 3.24. The van der Waals surface area contributed by atoms with E-state index in [9.17, 15) is 9.59 Å². The minimum Gasteiger partial charge on any atom is -0.489 e. The summed E-state index contributed by atoms with van der Waals surface area (Å²) in [6, 6.07) is 15.4. The van der Waals surface area contributed by atoms with E-state index in [1.54, 1.807) is 21.9 Å². The molecule has 2 aromatic carbocycles. The molecule has 1 fully saturated rings. The van der Waals surface area contributed by atoms with Crippen molar-refractivity contribution >= 4 is 11.8 Å². The fourth-order valence-electron chi connectivity index (χ4n) is 3.24. The van der Waals surface area contributed by atoms with Gasteiger partial charge in [-0.1, -0.05) is 35.9 Å². The van der Waals surface area contributed by atoms with E-state index >= 15 is 0 Å². The van der Waals surface area contributed by atoms with Gasteiger partial charge in [0, 0.05) is 38.9 Å². The Morgan fingerprint density at radius 1 is 0.964 bits per heavy atom. The molecule has 1 aliphatic rings. The highest BCUT2D eigenvalue weighted by atomic mass is 16.5. The third-order valence-corrected chi connectivity index (χ3v) is 4.76. The Labute approximate surface area is 165 Å². The number of rotatable bonds is 6. The van der Waals surface area contributed by atoms with Crippen LogP contribution in [0.1, 0.15) is 21.5 Å². The highest BCUT2D eigenvalue weighted by Crippen LogP contribution is 2.18. The van der Waals surface area contributed by atoms with Crippen molar-refractivity contribution in [2.45, 2.75) is 13.5 Å².